The standard InChI is InChI=1S/C11H14.C10H12.C9H10.C8H8.C7H6.5C4H10.5CH4/c1-2-6-10-8-4-5-9-11(10)7-3-1;1-2-6-10-8-4-3-7-9(10)5-1;1-2-5-9-7-3-6-8(9)4-1;1-2-4-8-6-5-7(8)3-1;1-2-4-7-5-6(7)3-1;5*1-4(2)3;;;;;/h4-5,8-9H,1-3,6-7H2;1-2,5-6H,3-4,7-8H2;1-2,4-5H,3,6-7H2;1-4H,5-6H2;1-4H,5H2;5*4H,1-3H3;5*1H4. The molecule has 0 nitrogen and oxygen atoms in total. The van der Waals surface area contributed by atoms with Crippen LogP contribution >= 0.6 is 0 Å². The quantitative estimate of drug-likeness (QED) is 0.133. The van der Waals surface area contributed by atoms with Gasteiger partial charge in [-0.15, -0.1) is 0 Å². The Labute approximate surface area is 441 Å². The van der Waals surface area contributed by atoms with Gasteiger partial charge in [-0.25, -0.2) is 0 Å². The fraction of sp³-hybridized carbons (Fsp3) is 0.571. The lowest BCUT2D eigenvalue weighted by molar-refractivity contribution is 0.685. The van der Waals surface area contributed by atoms with Crippen molar-refractivity contribution in [3.63, 3.8) is 0 Å². The molecule has 0 saturated carbocycles. The van der Waals surface area contributed by atoms with Crippen LogP contribution in [-0.2, 0) is 57.8 Å². The van der Waals surface area contributed by atoms with Crippen molar-refractivity contribution in [3.05, 3.63) is 177 Å². The van der Waals surface area contributed by atoms with Gasteiger partial charge in [0.15, 0.2) is 0 Å². The highest BCUT2D eigenvalue weighted by Crippen LogP contribution is 2.26. The number of hydrogen-bond donors (Lipinski definition) is 0. The van der Waals surface area contributed by atoms with Gasteiger partial charge < -0.3 is 0 Å². The zero-order valence-electron chi connectivity index (χ0n) is 45.0. The van der Waals surface area contributed by atoms with E-state index >= 15 is 0 Å². The van der Waals surface area contributed by atoms with Crippen LogP contribution in [0, 0.1) is 29.6 Å². The zero-order valence-corrected chi connectivity index (χ0v) is 45.0. The smallest absolute Gasteiger partial charge is 0.00201 e. The zero-order chi connectivity index (χ0) is 48.4. The summed E-state index contributed by atoms with van der Waals surface area (Å²) in [6, 6.07) is 43.6. The van der Waals surface area contributed by atoms with E-state index in [9.17, 15) is 0 Å². The van der Waals surface area contributed by atoms with Crippen molar-refractivity contribution in [2.45, 2.75) is 237 Å². The van der Waals surface area contributed by atoms with Crippen molar-refractivity contribution in [2.24, 2.45) is 29.6 Å². The second kappa shape index (κ2) is 46.2. The number of fused-ring (bicyclic) bond motifs is 5. The second-order valence-corrected chi connectivity index (χ2v) is 21.8. The molecule has 0 atom stereocenters. The summed E-state index contributed by atoms with van der Waals surface area (Å²) in [4.78, 5) is 0. The van der Waals surface area contributed by atoms with Gasteiger partial charge in [-0.2, -0.15) is 0 Å². The minimum atomic E-state index is 0. The van der Waals surface area contributed by atoms with E-state index < -0.39 is 0 Å². The van der Waals surface area contributed by atoms with Gasteiger partial charge in [0.1, 0.15) is 0 Å². The van der Waals surface area contributed by atoms with E-state index in [0.717, 1.165) is 29.6 Å². The molecule has 0 bridgehead atoms. The lowest BCUT2D eigenvalue weighted by Crippen LogP contribution is -2.06. The second-order valence-electron chi connectivity index (χ2n) is 21.8. The maximum Gasteiger partial charge on any atom is -0.00201 e. The SMILES string of the molecule is C.C.C.C.C.CC(C)C.CC(C)C.CC(C)C.CC(C)C.CC(C)C.c1ccc2c(c1)C2.c1ccc2c(c1)CC2.c1ccc2c(c1)CCC2.c1ccc2c(c1)CCCC2.c1ccc2c(c1)CCCCC2. The fourth-order valence-electron chi connectivity index (χ4n) is 7.02. The third-order valence-electron chi connectivity index (χ3n) is 9.94. The van der Waals surface area contributed by atoms with Gasteiger partial charge in [-0.05, 0) is 175 Å². The largest absolute Gasteiger partial charge is 0.0776 e. The summed E-state index contributed by atoms with van der Waals surface area (Å²) in [6.07, 6.45) is 20.0. The van der Waals surface area contributed by atoms with Gasteiger partial charge >= 0.3 is 0 Å². The van der Waals surface area contributed by atoms with E-state index in [2.05, 4.69) is 225 Å². The van der Waals surface area contributed by atoms with Crippen LogP contribution < -0.4 is 0 Å². The summed E-state index contributed by atoms with van der Waals surface area (Å²) in [7, 11) is 0. The summed E-state index contributed by atoms with van der Waals surface area (Å²) in [5.74, 6) is 4.17. The monoisotopic (exact) mass is 961 g/mol. The first-order valence-electron chi connectivity index (χ1n) is 26.3. The molecule has 0 saturated heterocycles. The summed E-state index contributed by atoms with van der Waals surface area (Å²) in [6.45, 7) is 32.5. The molecule has 70 heavy (non-hydrogen) atoms. The minimum absolute atomic E-state index is 0. The van der Waals surface area contributed by atoms with E-state index in [-0.39, 0.29) is 37.1 Å². The Bertz CT molecular complexity index is 1720. The van der Waals surface area contributed by atoms with Crippen molar-refractivity contribution >= 4 is 0 Å². The van der Waals surface area contributed by atoms with E-state index in [1.165, 1.54) is 107 Å². The molecule has 0 aliphatic heterocycles. The summed E-state index contributed by atoms with van der Waals surface area (Å²) in [5.41, 5.74) is 15.6. The van der Waals surface area contributed by atoms with Crippen LogP contribution in [0.1, 0.15) is 235 Å². The Balaban J connectivity index is -0.000000228. The molecule has 5 aromatic carbocycles. The maximum absolute atomic E-state index is 2.28. The summed E-state index contributed by atoms with van der Waals surface area (Å²) in [5, 5.41) is 0. The van der Waals surface area contributed by atoms with E-state index in [0.29, 0.717) is 0 Å². The third-order valence-corrected chi connectivity index (χ3v) is 9.94. The molecule has 0 heterocycles. The molecule has 10 rings (SSSR count). The Hall–Kier alpha value is -3.90. The molecule has 5 aliphatic rings. The van der Waals surface area contributed by atoms with Gasteiger partial charge in [-0.3, -0.25) is 0 Å². The van der Waals surface area contributed by atoms with Crippen molar-refractivity contribution < 1.29 is 0 Å². The lowest BCUT2D eigenvalue weighted by Gasteiger charge is -2.16. The van der Waals surface area contributed by atoms with Crippen LogP contribution in [0.4, 0.5) is 0 Å². The summed E-state index contributed by atoms with van der Waals surface area (Å²) >= 11 is 0. The molecule has 0 spiro atoms. The van der Waals surface area contributed by atoms with Crippen LogP contribution in [0.3, 0.4) is 0 Å². The Morgan fingerprint density at radius 2 is 0.343 bits per heavy atom. The highest BCUT2D eigenvalue weighted by atomic mass is 14.2. The maximum atomic E-state index is 2.28. The van der Waals surface area contributed by atoms with Crippen LogP contribution in [0.25, 0.3) is 0 Å². The molecular weight excluding hydrogens is 841 g/mol. The average Bonchev–Trinajstić information content (AvgIpc) is 3.94. The van der Waals surface area contributed by atoms with Gasteiger partial charge in [0.05, 0.1) is 0 Å². The summed E-state index contributed by atoms with van der Waals surface area (Å²) < 4.78 is 0. The lowest BCUT2D eigenvalue weighted by atomic mass is 9.89. The molecule has 5 aliphatic carbocycles. The molecule has 0 heteroatoms. The van der Waals surface area contributed by atoms with Crippen LogP contribution in [0.2, 0.25) is 0 Å². The van der Waals surface area contributed by atoms with Gasteiger partial charge in [0.25, 0.3) is 0 Å². The first kappa shape index (κ1) is 75.0. The Morgan fingerprint density at radius 1 is 0.200 bits per heavy atom. The topological polar surface area (TPSA) is 0 Å². The Morgan fingerprint density at radius 3 is 0.500 bits per heavy atom. The molecule has 0 unspecified atom stereocenters. The van der Waals surface area contributed by atoms with Crippen LogP contribution in [0.5, 0.6) is 0 Å². The average molecular weight is 962 g/mol. The van der Waals surface area contributed by atoms with E-state index in [4.69, 9.17) is 0 Å². The Kier molecular flexibility index (Phi) is 49.5. The minimum Gasteiger partial charge on any atom is -0.0776 e. The van der Waals surface area contributed by atoms with Gasteiger partial charge in [0.2, 0.25) is 0 Å². The van der Waals surface area contributed by atoms with E-state index in [1.807, 2.05) is 0 Å². The molecule has 0 amide bonds. The van der Waals surface area contributed by atoms with Crippen LogP contribution in [0.15, 0.2) is 121 Å². The van der Waals surface area contributed by atoms with Crippen molar-refractivity contribution in [1.29, 1.82) is 0 Å². The van der Waals surface area contributed by atoms with Crippen LogP contribution in [-0.4, -0.2) is 0 Å². The van der Waals surface area contributed by atoms with E-state index in [1.54, 1.807) is 44.5 Å². The predicted molar refractivity (Wildman–Crippen MR) is 329 cm³/mol. The van der Waals surface area contributed by atoms with Crippen molar-refractivity contribution in [2.75, 3.05) is 0 Å². The van der Waals surface area contributed by atoms with Crippen molar-refractivity contribution in [3.8, 4) is 0 Å². The van der Waals surface area contributed by atoms with Gasteiger partial charge in [0, 0.05) is 0 Å². The molecule has 400 valence electrons. The number of rotatable bonds is 0. The fourth-order valence-corrected chi connectivity index (χ4v) is 7.02. The number of hydrogen-bond acceptors (Lipinski definition) is 0. The third kappa shape index (κ3) is 40.8. The highest BCUT2D eigenvalue weighted by molar-refractivity contribution is 5.44. The predicted octanol–water partition coefficient (Wildman–Crippen LogP) is 22.6. The molecular formula is C70H120. The number of benzene rings is 5. The number of aryl methyl sites for hydroxylation is 8. The molecule has 0 N–H and O–H groups in total. The molecule has 0 aromatic heterocycles. The normalized spacial score (nSPS) is 12.6. The first-order valence-corrected chi connectivity index (χ1v) is 26.3. The van der Waals surface area contributed by atoms with Crippen molar-refractivity contribution in [1.82, 2.24) is 0 Å². The first-order chi connectivity index (χ1) is 31.0. The molecule has 0 fully saturated rings. The molecule has 5 aromatic rings. The molecule has 0 radical (unpaired) electrons. The van der Waals surface area contributed by atoms with Gasteiger partial charge in [-0.1, -0.05) is 269 Å². The highest BCUT2D eigenvalue weighted by Gasteiger charge is 2.13.